The highest BCUT2D eigenvalue weighted by atomic mass is 79.9. The van der Waals surface area contributed by atoms with Gasteiger partial charge in [0.2, 0.25) is 0 Å². The van der Waals surface area contributed by atoms with Crippen LogP contribution in [0.3, 0.4) is 0 Å². The quantitative estimate of drug-likeness (QED) is 0.207. The van der Waals surface area contributed by atoms with E-state index in [4.69, 9.17) is 17.0 Å². The van der Waals surface area contributed by atoms with Gasteiger partial charge in [0.1, 0.15) is 17.5 Å². The lowest BCUT2D eigenvalue weighted by Gasteiger charge is -2.29. The molecular formula is C31H25BrN4OS. The van der Waals surface area contributed by atoms with Crippen LogP contribution in [0, 0.1) is 6.92 Å². The number of nitrogens with zero attached hydrogens (tertiary/aromatic N) is 3. The number of halogens is 1. The third-order valence-corrected chi connectivity index (χ3v) is 7.51. The second-order valence-corrected chi connectivity index (χ2v) is 10.4. The van der Waals surface area contributed by atoms with E-state index in [0.717, 1.165) is 44.3 Å². The Morgan fingerprint density at radius 1 is 0.868 bits per heavy atom. The topological polar surface area (TPSA) is 42.3 Å². The lowest BCUT2D eigenvalue weighted by molar-refractivity contribution is 0.479. The number of thiocarbonyl (C=S) groups is 1. The highest BCUT2D eigenvalue weighted by Crippen LogP contribution is 2.42. The van der Waals surface area contributed by atoms with Crippen molar-refractivity contribution in [3.05, 3.63) is 137 Å². The number of hydrogen-bond donors (Lipinski definition) is 1. The summed E-state index contributed by atoms with van der Waals surface area (Å²) in [6.45, 7) is 2.04. The number of aryl methyl sites for hydroxylation is 1. The number of rotatable bonds is 6. The molecule has 1 fully saturated rings. The Kier molecular flexibility index (Phi) is 6.70. The standard InChI is InChI=1S/C31H25BrN4OS/c1-21-8-2-3-13-28(21)37-25-16-14-23(15-17-25)36-30(29(34-31(36)38)26-11-4-5-18-33-26)27-12-7-19-35(27)24-10-6-9-22(32)20-24/h2-20,29-30H,1H3,(H,34,38)/t29-,30+/m0/s1. The highest BCUT2D eigenvalue weighted by molar-refractivity contribution is 9.10. The fourth-order valence-corrected chi connectivity index (χ4v) is 5.64. The molecule has 1 saturated heterocycles. The molecule has 6 rings (SSSR count). The van der Waals surface area contributed by atoms with Crippen LogP contribution in [0.25, 0.3) is 5.69 Å². The minimum Gasteiger partial charge on any atom is -0.457 e. The first-order valence-electron chi connectivity index (χ1n) is 12.4. The number of aromatic nitrogens is 2. The van der Waals surface area contributed by atoms with Crippen LogP contribution in [0.15, 0.2) is 120 Å². The van der Waals surface area contributed by atoms with Crippen LogP contribution >= 0.6 is 28.1 Å². The molecule has 0 bridgehead atoms. The molecule has 5 nitrogen and oxygen atoms in total. The van der Waals surface area contributed by atoms with Crippen molar-refractivity contribution in [1.82, 2.24) is 14.9 Å². The van der Waals surface area contributed by atoms with Gasteiger partial charge in [-0.25, -0.2) is 0 Å². The third kappa shape index (κ3) is 4.71. The van der Waals surface area contributed by atoms with Gasteiger partial charge in [0.05, 0.1) is 11.7 Å². The van der Waals surface area contributed by atoms with Crippen molar-refractivity contribution < 1.29 is 4.74 Å². The Bertz CT molecular complexity index is 1590. The summed E-state index contributed by atoms with van der Waals surface area (Å²) in [5.41, 5.74) is 5.17. The summed E-state index contributed by atoms with van der Waals surface area (Å²) in [5, 5.41) is 4.20. The smallest absolute Gasteiger partial charge is 0.174 e. The fourth-order valence-electron chi connectivity index (χ4n) is 4.90. The van der Waals surface area contributed by atoms with Crippen molar-refractivity contribution in [2.75, 3.05) is 4.90 Å². The van der Waals surface area contributed by atoms with Crippen molar-refractivity contribution >= 4 is 38.9 Å². The van der Waals surface area contributed by atoms with Crippen molar-refractivity contribution in [2.45, 2.75) is 19.0 Å². The number of para-hydroxylation sites is 1. The SMILES string of the molecule is Cc1ccccc1Oc1ccc(N2C(=S)N[C@@H](c3ccccn3)[C@H]2c2cccn2-c2cccc(Br)c2)cc1. The van der Waals surface area contributed by atoms with E-state index in [1.807, 2.05) is 79.9 Å². The maximum Gasteiger partial charge on any atom is 0.174 e. The lowest BCUT2D eigenvalue weighted by Crippen LogP contribution is -2.30. The van der Waals surface area contributed by atoms with Crippen LogP contribution < -0.4 is 15.0 Å². The average Bonchev–Trinajstić information content (AvgIpc) is 3.55. The van der Waals surface area contributed by atoms with Crippen LogP contribution in [0.4, 0.5) is 5.69 Å². The van der Waals surface area contributed by atoms with Gasteiger partial charge in [0, 0.05) is 33.9 Å². The van der Waals surface area contributed by atoms with Gasteiger partial charge in [-0.2, -0.15) is 0 Å². The Balaban J connectivity index is 1.40. The van der Waals surface area contributed by atoms with Gasteiger partial charge >= 0.3 is 0 Å². The number of hydrogen-bond acceptors (Lipinski definition) is 3. The molecule has 7 heteroatoms. The molecule has 2 aromatic heterocycles. The predicted molar refractivity (Wildman–Crippen MR) is 159 cm³/mol. The molecule has 5 aromatic rings. The van der Waals surface area contributed by atoms with Crippen LogP contribution in [-0.4, -0.2) is 14.7 Å². The summed E-state index contributed by atoms with van der Waals surface area (Å²) < 4.78 is 9.38. The zero-order valence-corrected chi connectivity index (χ0v) is 23.1. The number of nitrogens with one attached hydrogen (secondary N) is 1. The van der Waals surface area contributed by atoms with E-state index in [2.05, 4.69) is 78.3 Å². The number of ether oxygens (including phenoxy) is 1. The van der Waals surface area contributed by atoms with Crippen LogP contribution in [0.5, 0.6) is 11.5 Å². The zero-order valence-electron chi connectivity index (χ0n) is 20.7. The first-order chi connectivity index (χ1) is 18.6. The third-order valence-electron chi connectivity index (χ3n) is 6.70. The van der Waals surface area contributed by atoms with Crippen LogP contribution in [0.1, 0.15) is 29.0 Å². The summed E-state index contributed by atoms with van der Waals surface area (Å²) in [6.07, 6.45) is 3.91. The summed E-state index contributed by atoms with van der Waals surface area (Å²) in [4.78, 5) is 6.86. The van der Waals surface area contributed by atoms with Crippen LogP contribution in [-0.2, 0) is 0 Å². The molecular weight excluding hydrogens is 556 g/mol. The summed E-state index contributed by atoms with van der Waals surface area (Å²) in [6, 6.07) is 34.3. The van der Waals surface area contributed by atoms with Gasteiger partial charge in [-0.1, -0.05) is 46.3 Å². The van der Waals surface area contributed by atoms with E-state index in [1.54, 1.807) is 0 Å². The van der Waals surface area contributed by atoms with Crippen molar-refractivity contribution in [3.8, 4) is 17.2 Å². The fraction of sp³-hybridized carbons (Fsp3) is 0.0968. The highest BCUT2D eigenvalue weighted by Gasteiger charge is 2.42. The Morgan fingerprint density at radius 2 is 1.68 bits per heavy atom. The number of benzene rings is 3. The minimum atomic E-state index is -0.132. The largest absolute Gasteiger partial charge is 0.457 e. The van der Waals surface area contributed by atoms with Gasteiger partial charge in [0.15, 0.2) is 5.11 Å². The van der Waals surface area contributed by atoms with Crippen LogP contribution in [0.2, 0.25) is 0 Å². The molecule has 0 saturated carbocycles. The molecule has 0 radical (unpaired) electrons. The second-order valence-electron chi connectivity index (χ2n) is 9.14. The first-order valence-corrected chi connectivity index (χ1v) is 13.6. The molecule has 38 heavy (non-hydrogen) atoms. The van der Waals surface area contributed by atoms with E-state index in [9.17, 15) is 0 Å². The van der Waals surface area contributed by atoms with Gasteiger partial charge in [0.25, 0.3) is 0 Å². The second kappa shape index (κ2) is 10.4. The lowest BCUT2D eigenvalue weighted by atomic mass is 10.0. The van der Waals surface area contributed by atoms with Gasteiger partial charge in [-0.05, 0) is 97.5 Å². The van der Waals surface area contributed by atoms with E-state index < -0.39 is 0 Å². The molecule has 1 N–H and O–H groups in total. The van der Waals surface area contributed by atoms with Crippen molar-refractivity contribution in [1.29, 1.82) is 0 Å². The predicted octanol–water partition coefficient (Wildman–Crippen LogP) is 7.91. The summed E-state index contributed by atoms with van der Waals surface area (Å²) >= 11 is 9.54. The van der Waals surface area contributed by atoms with E-state index >= 15 is 0 Å². The van der Waals surface area contributed by atoms with E-state index in [1.165, 1.54) is 0 Å². The maximum atomic E-state index is 6.15. The molecule has 3 heterocycles. The Morgan fingerprint density at radius 3 is 2.45 bits per heavy atom. The van der Waals surface area contributed by atoms with Gasteiger partial charge in [-0.15, -0.1) is 0 Å². The Hall–Kier alpha value is -3.94. The molecule has 0 amide bonds. The molecule has 188 valence electrons. The van der Waals surface area contributed by atoms with E-state index in [-0.39, 0.29) is 12.1 Å². The summed E-state index contributed by atoms with van der Waals surface area (Å²) in [5.74, 6) is 1.62. The number of pyridine rings is 1. The molecule has 1 aliphatic rings. The molecule has 0 unspecified atom stereocenters. The zero-order chi connectivity index (χ0) is 26.1. The van der Waals surface area contributed by atoms with Gasteiger partial charge in [-0.3, -0.25) is 4.98 Å². The number of anilines is 1. The monoisotopic (exact) mass is 580 g/mol. The molecule has 0 spiro atoms. The normalized spacial score (nSPS) is 16.9. The van der Waals surface area contributed by atoms with Gasteiger partial charge < -0.3 is 19.5 Å². The first kappa shape index (κ1) is 24.4. The minimum absolute atomic E-state index is 0.130. The van der Waals surface area contributed by atoms with E-state index in [0.29, 0.717) is 5.11 Å². The maximum absolute atomic E-state index is 6.15. The molecule has 3 aromatic carbocycles. The summed E-state index contributed by atoms with van der Waals surface area (Å²) in [7, 11) is 0. The molecule has 2 atom stereocenters. The van der Waals surface area contributed by atoms with Crippen molar-refractivity contribution in [2.24, 2.45) is 0 Å². The Labute approximate surface area is 235 Å². The molecule has 1 aliphatic heterocycles. The van der Waals surface area contributed by atoms with Crippen molar-refractivity contribution in [3.63, 3.8) is 0 Å². The average molecular weight is 582 g/mol. The molecule has 0 aliphatic carbocycles.